The van der Waals surface area contributed by atoms with Gasteiger partial charge in [0.2, 0.25) is 5.91 Å². The minimum atomic E-state index is -0.990. The first-order valence-electron chi connectivity index (χ1n) is 7.12. The summed E-state index contributed by atoms with van der Waals surface area (Å²) < 4.78 is 0. The van der Waals surface area contributed by atoms with Crippen molar-refractivity contribution >= 4 is 23.5 Å². The molecule has 1 aromatic carbocycles. The van der Waals surface area contributed by atoms with Gasteiger partial charge in [-0.05, 0) is 36.5 Å². The number of hydrogen-bond acceptors (Lipinski definition) is 2. The average Bonchev–Trinajstić information content (AvgIpc) is 2.44. The van der Waals surface area contributed by atoms with Crippen molar-refractivity contribution in [3.8, 4) is 0 Å². The third kappa shape index (κ3) is 5.38. The van der Waals surface area contributed by atoms with Crippen molar-refractivity contribution < 1.29 is 14.7 Å². The van der Waals surface area contributed by atoms with Gasteiger partial charge >= 0.3 is 5.97 Å². The summed E-state index contributed by atoms with van der Waals surface area (Å²) in [4.78, 5) is 23.1. The van der Waals surface area contributed by atoms with E-state index in [0.29, 0.717) is 17.9 Å². The number of hydrogen-bond donors (Lipinski definition) is 2. The molecule has 1 rings (SSSR count). The van der Waals surface area contributed by atoms with E-state index in [9.17, 15) is 9.59 Å². The SMILES string of the molecule is CCC(C)[C@H](NC(=O)CCc1ccc(C)c(Cl)c1)C(=O)O. The van der Waals surface area contributed by atoms with Crippen LogP contribution in [0.2, 0.25) is 5.02 Å². The quantitative estimate of drug-likeness (QED) is 0.812. The van der Waals surface area contributed by atoms with Crippen LogP contribution in [0.25, 0.3) is 0 Å². The summed E-state index contributed by atoms with van der Waals surface area (Å²) >= 11 is 6.04. The van der Waals surface area contributed by atoms with E-state index in [4.69, 9.17) is 16.7 Å². The number of halogens is 1. The molecule has 0 aromatic heterocycles. The van der Waals surface area contributed by atoms with Gasteiger partial charge in [0, 0.05) is 11.4 Å². The molecule has 0 fully saturated rings. The lowest BCUT2D eigenvalue weighted by atomic mass is 9.99. The average molecular weight is 312 g/mol. The number of nitrogens with one attached hydrogen (secondary N) is 1. The lowest BCUT2D eigenvalue weighted by molar-refractivity contribution is -0.143. The van der Waals surface area contributed by atoms with Gasteiger partial charge in [0.05, 0.1) is 0 Å². The maximum Gasteiger partial charge on any atom is 0.326 e. The van der Waals surface area contributed by atoms with Crippen LogP contribution in [-0.4, -0.2) is 23.0 Å². The Kier molecular flexibility index (Phi) is 6.69. The molecular weight excluding hydrogens is 290 g/mol. The fourth-order valence-corrected chi connectivity index (χ4v) is 2.18. The number of carboxylic acid groups (broad SMARTS) is 1. The van der Waals surface area contributed by atoms with Crippen LogP contribution in [0.5, 0.6) is 0 Å². The minimum absolute atomic E-state index is 0.0970. The van der Waals surface area contributed by atoms with E-state index >= 15 is 0 Å². The number of carbonyl (C=O) groups is 2. The first-order valence-corrected chi connectivity index (χ1v) is 7.50. The predicted octanol–water partition coefficient (Wildman–Crippen LogP) is 3.20. The second-order valence-corrected chi connectivity index (χ2v) is 5.76. The van der Waals surface area contributed by atoms with Crippen LogP contribution in [0.3, 0.4) is 0 Å². The summed E-state index contributed by atoms with van der Waals surface area (Å²) in [5.74, 6) is -1.34. The minimum Gasteiger partial charge on any atom is -0.480 e. The summed E-state index contributed by atoms with van der Waals surface area (Å²) in [6.45, 7) is 5.64. The summed E-state index contributed by atoms with van der Waals surface area (Å²) in [5.41, 5.74) is 1.96. The number of amides is 1. The highest BCUT2D eigenvalue weighted by molar-refractivity contribution is 6.31. The van der Waals surface area contributed by atoms with Crippen molar-refractivity contribution in [2.75, 3.05) is 0 Å². The van der Waals surface area contributed by atoms with E-state index in [0.717, 1.165) is 11.1 Å². The fourth-order valence-electron chi connectivity index (χ4n) is 1.98. The number of aryl methyl sites for hydroxylation is 2. The molecule has 1 unspecified atom stereocenters. The molecule has 4 nitrogen and oxygen atoms in total. The van der Waals surface area contributed by atoms with Crippen LogP contribution in [0.4, 0.5) is 0 Å². The molecule has 0 saturated carbocycles. The highest BCUT2D eigenvalue weighted by Crippen LogP contribution is 2.17. The first-order chi connectivity index (χ1) is 9.85. The highest BCUT2D eigenvalue weighted by Gasteiger charge is 2.24. The summed E-state index contributed by atoms with van der Waals surface area (Å²) in [6, 6.07) is 4.85. The molecule has 0 saturated heterocycles. The van der Waals surface area contributed by atoms with Gasteiger partial charge in [0.15, 0.2) is 0 Å². The Morgan fingerprint density at radius 2 is 2.05 bits per heavy atom. The van der Waals surface area contributed by atoms with E-state index in [1.54, 1.807) is 0 Å². The van der Waals surface area contributed by atoms with Crippen LogP contribution in [0, 0.1) is 12.8 Å². The van der Waals surface area contributed by atoms with Gasteiger partial charge in [-0.15, -0.1) is 0 Å². The molecule has 5 heteroatoms. The molecule has 116 valence electrons. The van der Waals surface area contributed by atoms with E-state index < -0.39 is 12.0 Å². The summed E-state index contributed by atoms with van der Waals surface area (Å²) in [7, 11) is 0. The summed E-state index contributed by atoms with van der Waals surface area (Å²) in [6.07, 6.45) is 1.49. The monoisotopic (exact) mass is 311 g/mol. The molecule has 0 aliphatic rings. The number of carboxylic acids is 1. The molecule has 2 atom stereocenters. The normalized spacial score (nSPS) is 13.5. The molecule has 1 aromatic rings. The number of benzene rings is 1. The van der Waals surface area contributed by atoms with Crippen LogP contribution in [0.15, 0.2) is 18.2 Å². The van der Waals surface area contributed by atoms with Gasteiger partial charge in [0.25, 0.3) is 0 Å². The molecule has 0 aliphatic heterocycles. The molecule has 0 heterocycles. The zero-order chi connectivity index (χ0) is 16.0. The Labute approximate surface area is 130 Å². The van der Waals surface area contributed by atoms with Gasteiger partial charge in [-0.2, -0.15) is 0 Å². The van der Waals surface area contributed by atoms with Gasteiger partial charge in [-0.25, -0.2) is 4.79 Å². The van der Waals surface area contributed by atoms with Gasteiger partial charge < -0.3 is 10.4 Å². The predicted molar refractivity (Wildman–Crippen MR) is 83.5 cm³/mol. The first kappa shape index (κ1) is 17.5. The van der Waals surface area contributed by atoms with Crippen LogP contribution in [0.1, 0.15) is 37.8 Å². The number of rotatable bonds is 7. The molecule has 2 N–H and O–H groups in total. The van der Waals surface area contributed by atoms with E-state index in [1.165, 1.54) is 0 Å². The molecule has 0 radical (unpaired) electrons. The maximum absolute atomic E-state index is 11.9. The standard InChI is InChI=1S/C16H22ClNO3/c1-4-10(2)15(16(20)21)18-14(19)8-7-12-6-5-11(3)13(17)9-12/h5-6,9-10,15H,4,7-8H2,1-3H3,(H,18,19)(H,20,21)/t10?,15-/m0/s1. The second kappa shape index (κ2) is 8.03. The van der Waals surface area contributed by atoms with Gasteiger partial charge in [-0.3, -0.25) is 4.79 Å². The smallest absolute Gasteiger partial charge is 0.326 e. The molecule has 21 heavy (non-hydrogen) atoms. The summed E-state index contributed by atoms with van der Waals surface area (Å²) in [5, 5.41) is 12.4. The maximum atomic E-state index is 11.9. The molecular formula is C16H22ClNO3. The highest BCUT2D eigenvalue weighted by atomic mass is 35.5. The van der Waals surface area contributed by atoms with Gasteiger partial charge in [-0.1, -0.05) is 44.0 Å². The van der Waals surface area contributed by atoms with Gasteiger partial charge in [0.1, 0.15) is 6.04 Å². The zero-order valence-electron chi connectivity index (χ0n) is 12.6. The molecule has 0 bridgehead atoms. The van der Waals surface area contributed by atoms with E-state index in [-0.39, 0.29) is 18.2 Å². The van der Waals surface area contributed by atoms with Crippen LogP contribution >= 0.6 is 11.6 Å². The second-order valence-electron chi connectivity index (χ2n) is 5.35. The lowest BCUT2D eigenvalue weighted by Gasteiger charge is -2.20. The zero-order valence-corrected chi connectivity index (χ0v) is 13.4. The Morgan fingerprint density at radius 3 is 2.57 bits per heavy atom. The molecule has 1 amide bonds. The van der Waals surface area contributed by atoms with Crippen molar-refractivity contribution in [2.45, 2.75) is 46.1 Å². The Hall–Kier alpha value is -1.55. The van der Waals surface area contributed by atoms with Crippen molar-refractivity contribution in [3.63, 3.8) is 0 Å². The fraction of sp³-hybridized carbons (Fsp3) is 0.500. The number of aliphatic carboxylic acids is 1. The van der Waals surface area contributed by atoms with E-state index in [2.05, 4.69) is 5.32 Å². The third-order valence-corrected chi connectivity index (χ3v) is 4.08. The Morgan fingerprint density at radius 1 is 1.38 bits per heavy atom. The number of carbonyl (C=O) groups excluding carboxylic acids is 1. The van der Waals surface area contributed by atoms with Crippen LogP contribution in [-0.2, 0) is 16.0 Å². The molecule has 0 spiro atoms. The van der Waals surface area contributed by atoms with Crippen molar-refractivity contribution in [1.82, 2.24) is 5.32 Å². The Balaban J connectivity index is 2.56. The van der Waals surface area contributed by atoms with Crippen molar-refractivity contribution in [3.05, 3.63) is 34.3 Å². The topological polar surface area (TPSA) is 66.4 Å². The van der Waals surface area contributed by atoms with Crippen LogP contribution < -0.4 is 5.32 Å². The largest absolute Gasteiger partial charge is 0.480 e. The molecule has 0 aliphatic carbocycles. The van der Waals surface area contributed by atoms with Crippen molar-refractivity contribution in [1.29, 1.82) is 0 Å². The Bertz CT molecular complexity index is 516. The van der Waals surface area contributed by atoms with Crippen molar-refractivity contribution in [2.24, 2.45) is 5.92 Å². The lowest BCUT2D eigenvalue weighted by Crippen LogP contribution is -2.45. The van der Waals surface area contributed by atoms with E-state index in [1.807, 2.05) is 39.0 Å². The third-order valence-electron chi connectivity index (χ3n) is 3.67.